The summed E-state index contributed by atoms with van der Waals surface area (Å²) in [5, 5.41) is 9.60. The van der Waals surface area contributed by atoms with E-state index in [1.807, 2.05) is 36.9 Å². The molecule has 0 aliphatic carbocycles. The van der Waals surface area contributed by atoms with Crippen molar-refractivity contribution in [3.05, 3.63) is 59.6 Å². The molecule has 0 radical (unpaired) electrons. The molecule has 0 bridgehead atoms. The number of fused-ring (bicyclic) bond motifs is 1. The largest absolute Gasteiger partial charge is 0.461 e. The number of likely N-dealkylation sites (tertiary alicyclic amines) is 2. The van der Waals surface area contributed by atoms with Crippen molar-refractivity contribution in [2.45, 2.75) is 58.4 Å². The average molecular weight is 602 g/mol. The molecule has 5 rings (SSSR count). The van der Waals surface area contributed by atoms with Crippen LogP contribution in [0.15, 0.2) is 52.0 Å². The summed E-state index contributed by atoms with van der Waals surface area (Å²) in [5.74, 6) is -0.344. The minimum Gasteiger partial charge on any atom is -0.461 e. The number of furan rings is 1. The van der Waals surface area contributed by atoms with Gasteiger partial charge in [0.05, 0.1) is 6.54 Å². The van der Waals surface area contributed by atoms with Crippen LogP contribution in [0.3, 0.4) is 0 Å². The zero-order valence-electron chi connectivity index (χ0n) is 25.2. The van der Waals surface area contributed by atoms with Crippen LogP contribution < -0.4 is 16.0 Å². The van der Waals surface area contributed by atoms with Gasteiger partial charge in [0.1, 0.15) is 23.1 Å². The van der Waals surface area contributed by atoms with Gasteiger partial charge in [-0.05, 0) is 81.8 Å². The van der Waals surface area contributed by atoms with Gasteiger partial charge in [-0.25, -0.2) is 4.99 Å². The Hall–Kier alpha value is -4.74. The van der Waals surface area contributed by atoms with Crippen LogP contribution in [0.2, 0.25) is 0 Å². The number of anilines is 1. The number of hydrogen-bond donors (Lipinski definition) is 3. The highest BCUT2D eigenvalue weighted by Gasteiger charge is 2.30. The van der Waals surface area contributed by atoms with E-state index >= 15 is 0 Å². The highest BCUT2D eigenvalue weighted by atomic mass is 16.3. The summed E-state index contributed by atoms with van der Waals surface area (Å²) < 4.78 is 5.69. The van der Waals surface area contributed by atoms with Gasteiger partial charge in [-0.3, -0.25) is 29.5 Å². The number of aliphatic imine (C=N–C) groups is 1. The van der Waals surface area contributed by atoms with Gasteiger partial charge >= 0.3 is 0 Å². The summed E-state index contributed by atoms with van der Waals surface area (Å²) in [6.07, 6.45) is 6.12. The van der Waals surface area contributed by atoms with E-state index in [4.69, 9.17) is 9.41 Å². The van der Waals surface area contributed by atoms with Gasteiger partial charge in [-0.2, -0.15) is 0 Å². The fourth-order valence-corrected chi connectivity index (χ4v) is 5.44. The molecule has 1 aromatic carbocycles. The summed E-state index contributed by atoms with van der Waals surface area (Å²) in [6.45, 7) is 6.25. The van der Waals surface area contributed by atoms with E-state index < -0.39 is 11.9 Å². The zero-order chi connectivity index (χ0) is 31.1. The Morgan fingerprint density at radius 3 is 2.61 bits per heavy atom. The van der Waals surface area contributed by atoms with Crippen molar-refractivity contribution >= 4 is 46.2 Å². The molecule has 0 saturated carbocycles. The van der Waals surface area contributed by atoms with E-state index in [2.05, 4.69) is 20.9 Å². The van der Waals surface area contributed by atoms with E-state index in [0.29, 0.717) is 25.2 Å². The summed E-state index contributed by atoms with van der Waals surface area (Å²) >= 11 is 0. The van der Waals surface area contributed by atoms with E-state index in [-0.39, 0.29) is 41.5 Å². The maximum absolute atomic E-state index is 13.7. The normalized spacial score (nSPS) is 17.5. The molecule has 2 fully saturated rings. The monoisotopic (exact) mass is 601 g/mol. The Bertz CT molecular complexity index is 1560. The van der Waals surface area contributed by atoms with Crippen molar-refractivity contribution in [3.63, 3.8) is 0 Å². The smallest absolute Gasteiger partial charge is 0.269 e. The highest BCUT2D eigenvalue weighted by molar-refractivity contribution is 6.11. The van der Waals surface area contributed by atoms with E-state index in [1.54, 1.807) is 11.0 Å². The first-order chi connectivity index (χ1) is 21.3. The molecule has 3 aromatic rings. The van der Waals surface area contributed by atoms with E-state index in [1.165, 1.54) is 18.3 Å². The Morgan fingerprint density at radius 1 is 1.02 bits per heavy atom. The van der Waals surface area contributed by atoms with Gasteiger partial charge < -0.3 is 24.9 Å². The Morgan fingerprint density at radius 2 is 1.82 bits per heavy atom. The van der Waals surface area contributed by atoms with E-state index in [9.17, 15) is 19.2 Å². The van der Waals surface area contributed by atoms with Crippen LogP contribution in [0.5, 0.6) is 0 Å². The van der Waals surface area contributed by atoms with Gasteiger partial charge in [0.25, 0.3) is 11.8 Å². The van der Waals surface area contributed by atoms with Gasteiger partial charge in [0.15, 0.2) is 0 Å². The number of aromatic nitrogens is 1. The lowest BCUT2D eigenvalue weighted by Gasteiger charge is -2.25. The second-order valence-corrected chi connectivity index (χ2v) is 11.2. The minimum atomic E-state index is -0.792. The number of guanidine groups is 1. The topological polar surface area (TPSA) is 149 Å². The number of carbonyl (C=O) groups is 4. The number of carbonyl (C=O) groups excluding carboxylic acids is 4. The Kier molecular flexibility index (Phi) is 9.88. The number of amides is 4. The maximum atomic E-state index is 13.7. The lowest BCUT2D eigenvalue weighted by molar-refractivity contribution is -0.140. The molecule has 1 atom stereocenters. The molecule has 4 heterocycles. The van der Waals surface area contributed by atoms with Gasteiger partial charge in [-0.1, -0.05) is 6.92 Å². The molecule has 2 aromatic heterocycles. The molecule has 12 nitrogen and oxygen atoms in total. The molecular formula is C32H39N7O5. The quantitative estimate of drug-likeness (QED) is 0.264. The summed E-state index contributed by atoms with van der Waals surface area (Å²) in [4.78, 5) is 64.6. The predicted molar refractivity (Wildman–Crippen MR) is 166 cm³/mol. The second-order valence-electron chi connectivity index (χ2n) is 11.2. The van der Waals surface area contributed by atoms with Crippen LogP contribution in [-0.2, 0) is 9.59 Å². The van der Waals surface area contributed by atoms with Gasteiger partial charge in [-0.15, -0.1) is 0 Å². The molecule has 2 saturated heterocycles. The first kappa shape index (κ1) is 30.7. The van der Waals surface area contributed by atoms with Crippen LogP contribution >= 0.6 is 0 Å². The van der Waals surface area contributed by atoms with E-state index in [0.717, 1.165) is 61.9 Å². The average Bonchev–Trinajstić information content (AvgIpc) is 3.66. The third-order valence-electron chi connectivity index (χ3n) is 7.75. The fourth-order valence-electron chi connectivity index (χ4n) is 5.44. The third kappa shape index (κ3) is 7.61. The molecular weight excluding hydrogens is 562 g/mol. The van der Waals surface area contributed by atoms with Crippen molar-refractivity contribution in [2.75, 3.05) is 38.0 Å². The summed E-state index contributed by atoms with van der Waals surface area (Å²) in [5.41, 5.74) is 1.69. The second kappa shape index (κ2) is 14.2. The number of nitrogens with zero attached hydrogens (tertiary/aromatic N) is 4. The molecule has 44 heavy (non-hydrogen) atoms. The first-order valence-electron chi connectivity index (χ1n) is 15.3. The highest BCUT2D eigenvalue weighted by Crippen LogP contribution is 2.23. The molecule has 0 spiro atoms. The molecule has 4 amide bonds. The molecule has 3 N–H and O–H groups in total. The van der Waals surface area contributed by atoms with Gasteiger partial charge in [0.2, 0.25) is 17.8 Å². The van der Waals surface area contributed by atoms with Crippen LogP contribution in [0.1, 0.15) is 72.1 Å². The van der Waals surface area contributed by atoms with Gasteiger partial charge in [0, 0.05) is 49.0 Å². The molecule has 12 heteroatoms. The number of pyridine rings is 1. The SMILES string of the molecule is CCCNC(=O)c1cc(C(=O)NC(=N[C@H]2CCCCN(CC(=O)N3CCCC3)C2=O)Nc2ccc3oc(C)cc3c2)ccn1. The van der Waals surface area contributed by atoms with Crippen LogP contribution in [0, 0.1) is 6.92 Å². The van der Waals surface area contributed by atoms with Crippen LogP contribution in [0.25, 0.3) is 11.0 Å². The number of nitrogens with one attached hydrogen (secondary N) is 3. The van der Waals surface area contributed by atoms with Crippen LogP contribution in [0.4, 0.5) is 5.69 Å². The Labute approximate surface area is 256 Å². The van der Waals surface area contributed by atoms with Crippen molar-refractivity contribution in [3.8, 4) is 0 Å². The van der Waals surface area contributed by atoms with Crippen molar-refractivity contribution in [2.24, 2.45) is 4.99 Å². The number of hydrogen-bond acceptors (Lipinski definition) is 7. The third-order valence-corrected chi connectivity index (χ3v) is 7.75. The number of benzene rings is 1. The van der Waals surface area contributed by atoms with Crippen molar-refractivity contribution in [1.82, 2.24) is 25.4 Å². The maximum Gasteiger partial charge on any atom is 0.269 e. The molecule has 2 aliphatic rings. The molecule has 2 aliphatic heterocycles. The summed E-state index contributed by atoms with van der Waals surface area (Å²) in [6, 6.07) is 9.52. The first-order valence-corrected chi connectivity index (χ1v) is 15.3. The minimum absolute atomic E-state index is 0.0242. The van der Waals surface area contributed by atoms with Crippen LogP contribution in [-0.4, -0.2) is 83.1 Å². The standard InChI is InChI=1S/C32H39N7O5/c1-3-12-34-30(42)26-19-22(11-13-33-26)29(41)37-32(35-24-9-10-27-23(18-24)17-21(2)44-27)36-25-8-4-5-16-39(31(25)43)20-28(40)38-14-6-7-15-38/h9-11,13,17-19,25H,3-8,12,14-16,20H2,1-2H3,(H,34,42)(H2,35,36,37,41)/t25-/m0/s1. The molecule has 232 valence electrons. The lowest BCUT2D eigenvalue weighted by atomic mass is 10.1. The summed E-state index contributed by atoms with van der Waals surface area (Å²) in [7, 11) is 0. The lowest BCUT2D eigenvalue weighted by Crippen LogP contribution is -2.45. The number of aryl methyl sites for hydroxylation is 1. The molecule has 0 unspecified atom stereocenters. The number of rotatable bonds is 8. The van der Waals surface area contributed by atoms with Crippen molar-refractivity contribution in [1.29, 1.82) is 0 Å². The zero-order valence-corrected chi connectivity index (χ0v) is 25.2. The predicted octanol–water partition coefficient (Wildman–Crippen LogP) is 3.48. The Balaban J connectivity index is 1.40. The van der Waals surface area contributed by atoms with Crippen molar-refractivity contribution < 1.29 is 23.6 Å². The fraction of sp³-hybridized carbons (Fsp3) is 0.438.